The quantitative estimate of drug-likeness (QED) is 0.181. The Morgan fingerprint density at radius 1 is 0.667 bits per heavy atom. The lowest BCUT2D eigenvalue weighted by Gasteiger charge is -2.36. The number of hydrogen-bond donors (Lipinski definition) is 0. The van der Waals surface area contributed by atoms with Crippen molar-refractivity contribution in [2.75, 3.05) is 0 Å². The van der Waals surface area contributed by atoms with Crippen molar-refractivity contribution in [1.82, 2.24) is 39.4 Å². The SMILES string of the molecule is Cc1cc(=O)n2ncnc2n1Cc1ccc(-c2ccccc2-c2nnnn2C(c2ccccc2)(c2ccccc2)c2ccccc2)cc1. The molecule has 0 N–H and O–H groups in total. The van der Waals surface area contributed by atoms with Crippen LogP contribution in [0.25, 0.3) is 28.3 Å². The molecule has 0 fully saturated rings. The first kappa shape index (κ1) is 29.0. The average Bonchev–Trinajstić information content (AvgIpc) is 3.84. The number of aryl methyl sites for hydroxylation is 1. The van der Waals surface area contributed by atoms with Crippen LogP contribution in [0.4, 0.5) is 0 Å². The van der Waals surface area contributed by atoms with E-state index in [0.29, 0.717) is 18.1 Å². The minimum absolute atomic E-state index is 0.193. The third-order valence-corrected chi connectivity index (χ3v) is 8.87. The van der Waals surface area contributed by atoms with E-state index in [1.807, 2.05) is 46.5 Å². The lowest BCUT2D eigenvalue weighted by Crippen LogP contribution is -2.39. The smallest absolute Gasteiger partial charge is 0.275 e. The van der Waals surface area contributed by atoms with Gasteiger partial charge in [-0.2, -0.15) is 14.6 Å². The van der Waals surface area contributed by atoms with Crippen LogP contribution >= 0.6 is 0 Å². The van der Waals surface area contributed by atoms with Crippen molar-refractivity contribution in [1.29, 1.82) is 0 Å². The van der Waals surface area contributed by atoms with Gasteiger partial charge < -0.3 is 4.57 Å². The summed E-state index contributed by atoms with van der Waals surface area (Å²) < 4.78 is 5.27. The van der Waals surface area contributed by atoms with E-state index >= 15 is 0 Å². The molecule has 5 aromatic carbocycles. The van der Waals surface area contributed by atoms with Crippen LogP contribution < -0.4 is 5.56 Å². The van der Waals surface area contributed by atoms with Crippen LogP contribution in [-0.2, 0) is 12.1 Å². The molecule has 0 saturated carbocycles. The van der Waals surface area contributed by atoms with E-state index in [1.54, 1.807) is 6.07 Å². The third kappa shape index (κ3) is 4.80. The Labute approximate surface area is 276 Å². The van der Waals surface area contributed by atoms with Crippen molar-refractivity contribution in [3.8, 4) is 22.5 Å². The lowest BCUT2D eigenvalue weighted by molar-refractivity contribution is 0.451. The van der Waals surface area contributed by atoms with E-state index in [4.69, 9.17) is 5.21 Å². The van der Waals surface area contributed by atoms with E-state index in [-0.39, 0.29) is 5.56 Å². The van der Waals surface area contributed by atoms with Gasteiger partial charge in [-0.3, -0.25) is 4.79 Å². The number of fused-ring (bicyclic) bond motifs is 1. The van der Waals surface area contributed by atoms with E-state index < -0.39 is 5.54 Å². The van der Waals surface area contributed by atoms with Gasteiger partial charge in [-0.1, -0.05) is 140 Å². The Morgan fingerprint density at radius 3 is 1.83 bits per heavy atom. The summed E-state index contributed by atoms with van der Waals surface area (Å²) in [5, 5.41) is 17.8. The Balaban J connectivity index is 1.26. The molecule has 9 nitrogen and oxygen atoms in total. The number of benzene rings is 5. The summed E-state index contributed by atoms with van der Waals surface area (Å²) in [5.74, 6) is 1.16. The Kier molecular flexibility index (Phi) is 7.26. The second-order valence-corrected chi connectivity index (χ2v) is 11.6. The van der Waals surface area contributed by atoms with Gasteiger partial charge >= 0.3 is 0 Å². The zero-order chi connectivity index (χ0) is 32.5. The van der Waals surface area contributed by atoms with Crippen molar-refractivity contribution in [3.63, 3.8) is 0 Å². The number of hydrogen-bond acceptors (Lipinski definition) is 6. The average molecular weight is 627 g/mol. The Bertz CT molecular complexity index is 2300. The van der Waals surface area contributed by atoms with Crippen LogP contribution in [0.2, 0.25) is 0 Å². The third-order valence-electron chi connectivity index (χ3n) is 8.87. The van der Waals surface area contributed by atoms with E-state index in [1.165, 1.54) is 10.8 Å². The van der Waals surface area contributed by atoms with E-state index in [9.17, 15) is 4.79 Å². The molecule has 0 amide bonds. The van der Waals surface area contributed by atoms with Crippen molar-refractivity contribution < 1.29 is 0 Å². The molecule has 3 heterocycles. The van der Waals surface area contributed by atoms with Gasteiger partial charge in [0, 0.05) is 17.3 Å². The monoisotopic (exact) mass is 626 g/mol. The molecule has 0 unspecified atom stereocenters. The van der Waals surface area contributed by atoms with Gasteiger partial charge in [-0.05, 0) is 50.7 Å². The first-order valence-electron chi connectivity index (χ1n) is 15.7. The fourth-order valence-electron chi connectivity index (χ4n) is 6.63. The zero-order valence-electron chi connectivity index (χ0n) is 26.1. The molecule has 0 spiro atoms. The Morgan fingerprint density at radius 2 is 1.23 bits per heavy atom. The van der Waals surface area contributed by atoms with Crippen molar-refractivity contribution in [2.45, 2.75) is 19.0 Å². The first-order valence-corrected chi connectivity index (χ1v) is 15.7. The molecule has 9 heteroatoms. The molecule has 0 atom stereocenters. The highest BCUT2D eigenvalue weighted by molar-refractivity contribution is 5.81. The van der Waals surface area contributed by atoms with Gasteiger partial charge in [0.05, 0.1) is 6.54 Å². The molecule has 0 aliphatic carbocycles. The zero-order valence-corrected chi connectivity index (χ0v) is 26.1. The van der Waals surface area contributed by atoms with Gasteiger partial charge in [0.1, 0.15) is 11.9 Å². The highest BCUT2D eigenvalue weighted by atomic mass is 16.1. The molecular weight excluding hydrogens is 596 g/mol. The number of aromatic nitrogens is 8. The minimum Gasteiger partial charge on any atom is -0.310 e. The molecule has 8 rings (SSSR count). The standard InChI is InChI=1S/C39H30N8O/c1-28-25-36(48)46-38(40-27-41-46)45(28)26-29-21-23-30(24-22-29)34-19-11-12-20-35(34)37-42-43-44-47(37)39(31-13-5-2-6-14-31,32-15-7-3-8-16-32)33-17-9-4-10-18-33/h2-25,27H,26H2,1H3. The molecule has 0 aliphatic heterocycles. The fourth-order valence-corrected chi connectivity index (χ4v) is 6.63. The van der Waals surface area contributed by atoms with Gasteiger partial charge in [-0.25, -0.2) is 4.68 Å². The van der Waals surface area contributed by atoms with Crippen molar-refractivity contribution >= 4 is 5.78 Å². The summed E-state index contributed by atoms with van der Waals surface area (Å²) >= 11 is 0. The number of nitrogens with zero attached hydrogens (tertiary/aromatic N) is 8. The molecule has 0 saturated heterocycles. The van der Waals surface area contributed by atoms with E-state index in [0.717, 1.165) is 44.6 Å². The number of rotatable bonds is 8. The Hall–Kier alpha value is -6.48. The predicted molar refractivity (Wildman–Crippen MR) is 184 cm³/mol. The summed E-state index contributed by atoms with van der Waals surface area (Å²) in [6, 6.07) is 49.4. The summed E-state index contributed by atoms with van der Waals surface area (Å²) in [6.45, 7) is 2.45. The highest BCUT2D eigenvalue weighted by Crippen LogP contribution is 2.43. The van der Waals surface area contributed by atoms with Crippen LogP contribution in [0.5, 0.6) is 0 Å². The maximum Gasteiger partial charge on any atom is 0.275 e. The second-order valence-electron chi connectivity index (χ2n) is 11.6. The maximum atomic E-state index is 12.4. The summed E-state index contributed by atoms with van der Waals surface area (Å²) in [4.78, 5) is 16.7. The van der Waals surface area contributed by atoms with Crippen LogP contribution in [0.1, 0.15) is 27.9 Å². The maximum absolute atomic E-state index is 12.4. The largest absolute Gasteiger partial charge is 0.310 e. The molecule has 8 aromatic rings. The van der Waals surface area contributed by atoms with Crippen LogP contribution in [0.3, 0.4) is 0 Å². The molecule has 0 aliphatic rings. The van der Waals surface area contributed by atoms with Gasteiger partial charge in [0.2, 0.25) is 5.78 Å². The van der Waals surface area contributed by atoms with E-state index in [2.05, 4.69) is 130 Å². The summed E-state index contributed by atoms with van der Waals surface area (Å²) in [6.07, 6.45) is 1.41. The lowest BCUT2D eigenvalue weighted by atomic mass is 9.77. The topological polar surface area (TPSA) is 95.8 Å². The second kappa shape index (κ2) is 12.0. The first-order chi connectivity index (χ1) is 23.6. The summed E-state index contributed by atoms with van der Waals surface area (Å²) in [5.41, 5.74) is 6.88. The fraction of sp³-hybridized carbons (Fsp3) is 0.0769. The molecule has 0 bridgehead atoms. The van der Waals surface area contributed by atoms with Crippen LogP contribution in [-0.4, -0.2) is 39.4 Å². The highest BCUT2D eigenvalue weighted by Gasteiger charge is 2.42. The molecule has 3 aromatic heterocycles. The van der Waals surface area contributed by atoms with Crippen LogP contribution in [0.15, 0.2) is 157 Å². The molecule has 48 heavy (non-hydrogen) atoms. The minimum atomic E-state index is -0.860. The molecule has 0 radical (unpaired) electrons. The van der Waals surface area contributed by atoms with Gasteiger partial charge in [0.15, 0.2) is 5.82 Å². The summed E-state index contributed by atoms with van der Waals surface area (Å²) in [7, 11) is 0. The van der Waals surface area contributed by atoms with Crippen molar-refractivity contribution in [2.24, 2.45) is 0 Å². The molecule has 232 valence electrons. The number of tetrazole rings is 1. The molecular formula is C39H30N8O. The van der Waals surface area contributed by atoms with Gasteiger partial charge in [0.25, 0.3) is 5.56 Å². The van der Waals surface area contributed by atoms with Crippen molar-refractivity contribution in [3.05, 3.63) is 190 Å². The predicted octanol–water partition coefficient (Wildman–Crippen LogP) is 6.41. The van der Waals surface area contributed by atoms with Gasteiger partial charge in [-0.15, -0.1) is 5.10 Å². The van der Waals surface area contributed by atoms with Crippen LogP contribution in [0, 0.1) is 6.92 Å². The normalized spacial score (nSPS) is 11.6.